The van der Waals surface area contributed by atoms with E-state index in [2.05, 4.69) is 17.1 Å². The summed E-state index contributed by atoms with van der Waals surface area (Å²) >= 11 is 0. The van der Waals surface area contributed by atoms with Gasteiger partial charge in [-0.05, 0) is 30.9 Å². The Balaban J connectivity index is 1.73. The number of hydrogen-bond donors (Lipinski definition) is 1. The van der Waals surface area contributed by atoms with Gasteiger partial charge in [0, 0.05) is 6.42 Å². The molecule has 0 aromatic heterocycles. The highest BCUT2D eigenvalue weighted by molar-refractivity contribution is 6.13. The van der Waals surface area contributed by atoms with E-state index in [-0.39, 0.29) is 17.7 Å². The summed E-state index contributed by atoms with van der Waals surface area (Å²) in [5.41, 5.74) is -0.920. The number of benzene rings is 1. The zero-order valence-electron chi connectivity index (χ0n) is 15.6. The SMILES string of the molecule is C/C(=C\c1ccccc1)[C@@H]1O[C@@]23CCCC[C@H]2[C@@]2(C#N)C(=N)N=C(O3)[C@@]12C#N. The van der Waals surface area contributed by atoms with E-state index >= 15 is 0 Å². The number of rotatable bonds is 2. The van der Waals surface area contributed by atoms with Crippen LogP contribution in [0.2, 0.25) is 0 Å². The molecule has 4 fully saturated rings. The predicted molar refractivity (Wildman–Crippen MR) is 102 cm³/mol. The van der Waals surface area contributed by atoms with Crippen molar-refractivity contribution in [1.29, 1.82) is 15.9 Å². The molecule has 5 aliphatic rings. The lowest BCUT2D eigenvalue weighted by Crippen LogP contribution is -2.75. The predicted octanol–water partition coefficient (Wildman–Crippen LogP) is 3.81. The van der Waals surface area contributed by atoms with Crippen molar-refractivity contribution in [3.8, 4) is 12.1 Å². The second kappa shape index (κ2) is 5.53. The molecule has 6 rings (SSSR count). The number of nitrogens with one attached hydrogen (secondary N) is 1. The molecule has 6 nitrogen and oxygen atoms in total. The molecule has 1 aromatic carbocycles. The van der Waals surface area contributed by atoms with Crippen LogP contribution in [-0.4, -0.2) is 23.6 Å². The Morgan fingerprint density at radius 2 is 1.96 bits per heavy atom. The smallest absolute Gasteiger partial charge is 0.218 e. The molecule has 1 aromatic rings. The molecule has 1 aliphatic carbocycles. The van der Waals surface area contributed by atoms with Gasteiger partial charge in [-0.25, -0.2) is 0 Å². The van der Waals surface area contributed by atoms with Crippen LogP contribution < -0.4 is 0 Å². The molecule has 0 unspecified atom stereocenters. The first-order chi connectivity index (χ1) is 13.5. The number of aliphatic imine (C=N–C) groups is 1. The number of fused-ring (bicyclic) bond motifs is 1. The topological polar surface area (TPSA) is 102 Å². The molecule has 3 saturated heterocycles. The van der Waals surface area contributed by atoms with Gasteiger partial charge in [0.2, 0.25) is 11.7 Å². The molecule has 1 saturated carbocycles. The van der Waals surface area contributed by atoms with Crippen molar-refractivity contribution in [2.75, 3.05) is 0 Å². The molecular formula is C22H20N4O2. The number of ether oxygens (including phenoxy) is 2. The first kappa shape index (κ1) is 17.2. The molecule has 4 heterocycles. The molecule has 1 spiro atoms. The van der Waals surface area contributed by atoms with E-state index in [1.165, 1.54) is 0 Å². The van der Waals surface area contributed by atoms with Crippen LogP contribution in [0.3, 0.4) is 0 Å². The summed E-state index contributed by atoms with van der Waals surface area (Å²) in [6, 6.07) is 14.5. The van der Waals surface area contributed by atoms with Crippen LogP contribution in [-0.2, 0) is 9.47 Å². The van der Waals surface area contributed by atoms with Crippen LogP contribution in [0.5, 0.6) is 0 Å². The average Bonchev–Trinajstić information content (AvgIpc) is 2.91. The maximum atomic E-state index is 10.4. The summed E-state index contributed by atoms with van der Waals surface area (Å²) in [5, 5.41) is 29.3. The summed E-state index contributed by atoms with van der Waals surface area (Å²) < 4.78 is 12.7. The fourth-order valence-electron chi connectivity index (χ4n) is 5.63. The summed E-state index contributed by atoms with van der Waals surface area (Å²) in [4.78, 5) is 4.30. The first-order valence-corrected chi connectivity index (χ1v) is 9.65. The Bertz CT molecular complexity index is 1020. The monoisotopic (exact) mass is 372 g/mol. The van der Waals surface area contributed by atoms with Gasteiger partial charge < -0.3 is 9.47 Å². The minimum atomic E-state index is -1.42. The van der Waals surface area contributed by atoms with Crippen molar-refractivity contribution in [3.63, 3.8) is 0 Å². The number of nitriles is 2. The molecule has 0 radical (unpaired) electrons. The lowest BCUT2D eigenvalue weighted by atomic mass is 9.48. The zero-order chi connectivity index (χ0) is 19.6. The third-order valence-electron chi connectivity index (χ3n) is 6.81. The molecule has 5 atom stereocenters. The van der Waals surface area contributed by atoms with Crippen molar-refractivity contribution in [2.45, 2.75) is 44.5 Å². The highest BCUT2D eigenvalue weighted by Gasteiger charge is 2.83. The molecule has 1 N–H and O–H groups in total. The highest BCUT2D eigenvalue weighted by atomic mass is 16.7. The van der Waals surface area contributed by atoms with Crippen molar-refractivity contribution < 1.29 is 9.47 Å². The maximum Gasteiger partial charge on any atom is 0.218 e. The Morgan fingerprint density at radius 1 is 1.21 bits per heavy atom. The van der Waals surface area contributed by atoms with Gasteiger partial charge in [-0.3, -0.25) is 5.41 Å². The van der Waals surface area contributed by atoms with E-state index in [1.807, 2.05) is 43.3 Å². The van der Waals surface area contributed by atoms with Crippen LogP contribution in [0.4, 0.5) is 0 Å². The van der Waals surface area contributed by atoms with E-state index in [0.29, 0.717) is 12.8 Å². The quantitative estimate of drug-likeness (QED) is 0.852. The largest absolute Gasteiger partial charge is 0.447 e. The molecule has 0 amide bonds. The van der Waals surface area contributed by atoms with E-state index in [0.717, 1.165) is 24.0 Å². The molecule has 140 valence electrons. The summed E-state index contributed by atoms with van der Waals surface area (Å²) in [6.07, 6.45) is 4.48. The third-order valence-corrected chi connectivity index (χ3v) is 6.81. The van der Waals surface area contributed by atoms with E-state index in [4.69, 9.17) is 14.9 Å². The summed E-state index contributed by atoms with van der Waals surface area (Å²) in [5.74, 6) is -1.20. The number of amidine groups is 1. The van der Waals surface area contributed by atoms with Crippen molar-refractivity contribution in [1.82, 2.24) is 0 Å². The minimum Gasteiger partial charge on any atom is -0.447 e. The lowest BCUT2D eigenvalue weighted by molar-refractivity contribution is -0.344. The maximum absolute atomic E-state index is 10.4. The normalized spacial score (nSPS) is 40.8. The van der Waals surface area contributed by atoms with Crippen LogP contribution in [0.1, 0.15) is 38.2 Å². The fraction of sp³-hybridized carbons (Fsp3) is 0.455. The Morgan fingerprint density at radius 3 is 2.68 bits per heavy atom. The van der Waals surface area contributed by atoms with Gasteiger partial charge in [0.15, 0.2) is 10.8 Å². The second-order valence-corrected chi connectivity index (χ2v) is 8.11. The molecule has 6 heteroatoms. The second-order valence-electron chi connectivity index (χ2n) is 8.11. The number of hydrogen-bond acceptors (Lipinski definition) is 5. The van der Waals surface area contributed by atoms with Gasteiger partial charge in [-0.2, -0.15) is 15.5 Å². The minimum absolute atomic E-state index is 0.0545. The molecular weight excluding hydrogens is 352 g/mol. The standard InChI is InChI=1S/C22H20N4O2/c1-14(11-15-7-3-2-4-8-15)17-21(13-24)19-26-18(25)20(21,12-23)16-9-5-6-10-22(16,27-17)28-19/h2-4,7-8,11,16-17,25H,5-6,9-10H2,1H3/b14-11+,25-18?/t16-,17-,20-,21+,22+/m0/s1. The van der Waals surface area contributed by atoms with Gasteiger partial charge in [0.1, 0.15) is 11.9 Å². The van der Waals surface area contributed by atoms with Crippen LogP contribution >= 0.6 is 0 Å². The summed E-state index contributed by atoms with van der Waals surface area (Å²) in [7, 11) is 0. The van der Waals surface area contributed by atoms with E-state index < -0.39 is 22.7 Å². The van der Waals surface area contributed by atoms with Crippen LogP contribution in [0.15, 0.2) is 40.9 Å². The zero-order valence-corrected chi connectivity index (χ0v) is 15.6. The van der Waals surface area contributed by atoms with Crippen molar-refractivity contribution in [3.05, 3.63) is 41.5 Å². The fourth-order valence-corrected chi connectivity index (χ4v) is 5.63. The van der Waals surface area contributed by atoms with E-state index in [9.17, 15) is 10.5 Å². The van der Waals surface area contributed by atoms with E-state index in [1.54, 1.807) is 0 Å². The third kappa shape index (κ3) is 1.75. The van der Waals surface area contributed by atoms with Gasteiger partial charge in [0.25, 0.3) is 0 Å². The molecule has 28 heavy (non-hydrogen) atoms. The van der Waals surface area contributed by atoms with Crippen molar-refractivity contribution >= 4 is 17.8 Å². The van der Waals surface area contributed by atoms with Gasteiger partial charge in [-0.15, -0.1) is 0 Å². The Labute approximate surface area is 163 Å². The first-order valence-electron chi connectivity index (χ1n) is 9.65. The van der Waals surface area contributed by atoms with Crippen molar-refractivity contribution in [2.24, 2.45) is 21.7 Å². The lowest BCUT2D eigenvalue weighted by Gasteiger charge is -2.63. The van der Waals surface area contributed by atoms with Crippen LogP contribution in [0.25, 0.3) is 6.08 Å². The Kier molecular flexibility index (Phi) is 3.39. The summed E-state index contributed by atoms with van der Waals surface area (Å²) in [6.45, 7) is 1.92. The van der Waals surface area contributed by atoms with Gasteiger partial charge in [-0.1, -0.05) is 42.8 Å². The van der Waals surface area contributed by atoms with Gasteiger partial charge >= 0.3 is 0 Å². The highest BCUT2D eigenvalue weighted by Crippen LogP contribution is 2.69. The number of nitrogens with zero attached hydrogens (tertiary/aromatic N) is 3. The molecule has 4 aliphatic heterocycles. The molecule has 4 bridgehead atoms. The average molecular weight is 372 g/mol. The van der Waals surface area contributed by atoms with Crippen LogP contribution in [0, 0.1) is 44.8 Å². The van der Waals surface area contributed by atoms with Gasteiger partial charge in [0.05, 0.1) is 18.1 Å². The Hall–Kier alpha value is -2.96.